The molecule has 5 rings (SSSR count). The maximum Gasteiger partial charge on any atom is 0.258 e. The fraction of sp³-hybridized carbons (Fsp3) is 0.600. The van der Waals surface area contributed by atoms with Gasteiger partial charge < -0.3 is 15.1 Å². The molecular formula is C20H25F2N7O. The molecule has 3 fully saturated rings. The Morgan fingerprint density at radius 2 is 2.20 bits per heavy atom. The molecule has 4 unspecified atom stereocenters. The van der Waals surface area contributed by atoms with Crippen LogP contribution >= 0.6 is 0 Å². The molecular weight excluding hydrogens is 392 g/mol. The number of hydrogen-bond acceptors (Lipinski definition) is 7. The molecule has 2 saturated heterocycles. The van der Waals surface area contributed by atoms with E-state index in [1.165, 1.54) is 0 Å². The van der Waals surface area contributed by atoms with E-state index in [0.717, 1.165) is 11.5 Å². The molecule has 0 radical (unpaired) electrons. The van der Waals surface area contributed by atoms with Crippen molar-refractivity contribution in [2.45, 2.75) is 37.8 Å². The number of aromatic nitrogens is 4. The number of piperazine rings is 1. The Morgan fingerprint density at radius 1 is 1.40 bits per heavy atom. The van der Waals surface area contributed by atoms with Crippen molar-refractivity contribution in [1.82, 2.24) is 25.1 Å². The second-order valence-corrected chi connectivity index (χ2v) is 8.47. The Balaban J connectivity index is 1.33. The number of ketones is 1. The number of fused-ring (bicyclic) bond motifs is 2. The highest BCUT2D eigenvalue weighted by molar-refractivity contribution is 5.88. The molecule has 1 N–H and O–H groups in total. The monoisotopic (exact) mass is 417 g/mol. The van der Waals surface area contributed by atoms with Gasteiger partial charge in [-0.3, -0.25) is 9.48 Å². The van der Waals surface area contributed by atoms with Crippen LogP contribution in [-0.4, -0.2) is 63.2 Å². The van der Waals surface area contributed by atoms with E-state index < -0.39 is 11.8 Å². The number of anilines is 3. The number of nitrogens with zero attached hydrogens (tertiary/aromatic N) is 6. The van der Waals surface area contributed by atoms with Crippen LogP contribution in [0.1, 0.15) is 19.8 Å². The van der Waals surface area contributed by atoms with Crippen molar-refractivity contribution >= 4 is 23.2 Å². The van der Waals surface area contributed by atoms with Crippen molar-refractivity contribution in [2.24, 2.45) is 18.9 Å². The van der Waals surface area contributed by atoms with Crippen molar-refractivity contribution in [1.29, 1.82) is 0 Å². The molecule has 1 aliphatic carbocycles. The van der Waals surface area contributed by atoms with E-state index in [4.69, 9.17) is 4.98 Å². The zero-order valence-corrected chi connectivity index (χ0v) is 17.0. The average molecular weight is 417 g/mol. The minimum atomic E-state index is -2.80. The van der Waals surface area contributed by atoms with Crippen molar-refractivity contribution in [3.8, 4) is 0 Å². The van der Waals surface area contributed by atoms with E-state index in [0.29, 0.717) is 32.0 Å². The smallest absolute Gasteiger partial charge is 0.258 e. The number of rotatable bonds is 6. The molecule has 0 aromatic carbocycles. The lowest BCUT2D eigenvalue weighted by molar-refractivity contribution is -0.126. The lowest BCUT2D eigenvalue weighted by atomic mass is 9.92. The number of carbonyl (C=O) groups excluding carboxylic acids is 1. The Bertz CT molecular complexity index is 964. The lowest BCUT2D eigenvalue weighted by Gasteiger charge is -2.34. The molecule has 4 atom stereocenters. The largest absolute Gasteiger partial charge is 0.353 e. The Hall–Kier alpha value is -2.62. The molecule has 160 valence electrons. The molecule has 2 bridgehead atoms. The number of nitrogens with one attached hydrogen (secondary N) is 1. The van der Waals surface area contributed by atoms with Gasteiger partial charge >= 0.3 is 0 Å². The summed E-state index contributed by atoms with van der Waals surface area (Å²) >= 11 is 0. The average Bonchev–Trinajstić information content (AvgIpc) is 3.01. The van der Waals surface area contributed by atoms with Gasteiger partial charge in [0.2, 0.25) is 5.95 Å². The van der Waals surface area contributed by atoms with Gasteiger partial charge in [0.1, 0.15) is 11.6 Å². The summed E-state index contributed by atoms with van der Waals surface area (Å²) in [4.78, 5) is 25.9. The van der Waals surface area contributed by atoms with E-state index in [1.54, 1.807) is 17.1 Å². The molecule has 2 aromatic rings. The van der Waals surface area contributed by atoms with E-state index >= 15 is 0 Å². The molecule has 3 aliphatic rings. The molecule has 1 saturated carbocycles. The third-order valence-electron chi connectivity index (χ3n) is 6.38. The van der Waals surface area contributed by atoms with Crippen LogP contribution < -0.4 is 15.1 Å². The molecule has 2 aromatic heterocycles. The highest BCUT2D eigenvalue weighted by Gasteiger charge is 2.63. The molecule has 30 heavy (non-hydrogen) atoms. The van der Waals surface area contributed by atoms with E-state index in [-0.39, 0.29) is 30.2 Å². The number of Topliss-reactive ketones (excluding diaryl/α,β-unsaturated/α-hetero) is 1. The van der Waals surface area contributed by atoms with Crippen LogP contribution in [0.25, 0.3) is 0 Å². The standard InChI is InChI=1S/C20H25F2N7O/c1-3-29(13-8-24-27(2)10-13)19-23-5-4-17(26-19)28-9-12-6-14(16(11-28)25-12)18(30)15-7-20(15,21)22/h4-5,8,10,12,14-16,25H,3,6-7,9,11H2,1-2H3. The van der Waals surface area contributed by atoms with Gasteiger partial charge in [-0.15, -0.1) is 0 Å². The molecule has 2 aliphatic heterocycles. The normalized spacial score (nSPS) is 29.1. The first-order valence-electron chi connectivity index (χ1n) is 10.4. The first-order valence-corrected chi connectivity index (χ1v) is 10.4. The van der Waals surface area contributed by atoms with E-state index in [2.05, 4.69) is 20.3 Å². The third kappa shape index (κ3) is 3.32. The van der Waals surface area contributed by atoms with Crippen LogP contribution in [0, 0.1) is 11.8 Å². The fourth-order valence-corrected chi connectivity index (χ4v) is 4.76. The number of carbonyl (C=O) groups is 1. The third-order valence-corrected chi connectivity index (χ3v) is 6.38. The summed E-state index contributed by atoms with van der Waals surface area (Å²) in [5.41, 5.74) is 0.911. The maximum absolute atomic E-state index is 13.4. The minimum absolute atomic E-state index is 0.101. The minimum Gasteiger partial charge on any atom is -0.353 e. The van der Waals surface area contributed by atoms with Gasteiger partial charge in [-0.2, -0.15) is 10.1 Å². The number of aryl methyl sites for hydroxylation is 1. The molecule has 10 heteroatoms. The second-order valence-electron chi connectivity index (χ2n) is 8.47. The second kappa shape index (κ2) is 6.97. The zero-order chi connectivity index (χ0) is 21.0. The van der Waals surface area contributed by atoms with Crippen molar-refractivity contribution in [2.75, 3.05) is 29.4 Å². The topological polar surface area (TPSA) is 79.2 Å². The van der Waals surface area contributed by atoms with Crippen molar-refractivity contribution in [3.05, 3.63) is 24.7 Å². The Labute approximate surface area is 173 Å². The van der Waals surface area contributed by atoms with Crippen LogP contribution in [0.3, 0.4) is 0 Å². The summed E-state index contributed by atoms with van der Waals surface area (Å²) < 4.78 is 28.5. The van der Waals surface area contributed by atoms with Gasteiger partial charge in [-0.05, 0) is 19.4 Å². The van der Waals surface area contributed by atoms with Crippen LogP contribution in [0.2, 0.25) is 0 Å². The summed E-state index contributed by atoms with van der Waals surface area (Å²) in [6, 6.07) is 1.84. The van der Waals surface area contributed by atoms with Crippen LogP contribution in [0.4, 0.5) is 26.2 Å². The SMILES string of the molecule is CCN(c1cnn(C)c1)c1nccc(N2CC3CC(C(=O)C4CC4(F)F)C(C2)N3)n1. The predicted molar refractivity (Wildman–Crippen MR) is 107 cm³/mol. The Kier molecular flexibility index (Phi) is 4.49. The maximum atomic E-state index is 13.4. The van der Waals surface area contributed by atoms with Gasteiger partial charge in [0.05, 0.1) is 17.8 Å². The number of hydrogen-bond donors (Lipinski definition) is 1. The van der Waals surface area contributed by atoms with Gasteiger partial charge in [0.15, 0.2) is 0 Å². The van der Waals surface area contributed by atoms with Crippen LogP contribution in [0.5, 0.6) is 0 Å². The quantitative estimate of drug-likeness (QED) is 0.767. The molecule has 4 heterocycles. The van der Waals surface area contributed by atoms with Crippen LogP contribution in [0.15, 0.2) is 24.7 Å². The zero-order valence-electron chi connectivity index (χ0n) is 17.0. The highest BCUT2D eigenvalue weighted by atomic mass is 19.3. The van der Waals surface area contributed by atoms with Crippen molar-refractivity contribution in [3.63, 3.8) is 0 Å². The van der Waals surface area contributed by atoms with E-state index in [9.17, 15) is 13.6 Å². The summed E-state index contributed by atoms with van der Waals surface area (Å²) in [5, 5.41) is 7.66. The number of halogens is 2. The molecule has 0 amide bonds. The number of alkyl halides is 2. The van der Waals surface area contributed by atoms with Gasteiger partial charge in [0.25, 0.3) is 5.92 Å². The summed E-state index contributed by atoms with van der Waals surface area (Å²) in [7, 11) is 1.86. The highest BCUT2D eigenvalue weighted by Crippen LogP contribution is 2.51. The van der Waals surface area contributed by atoms with Gasteiger partial charge in [0, 0.05) is 63.5 Å². The van der Waals surface area contributed by atoms with Crippen molar-refractivity contribution < 1.29 is 13.6 Å². The summed E-state index contributed by atoms with van der Waals surface area (Å²) in [6.07, 6.45) is 5.73. The molecule has 0 spiro atoms. The molecule has 8 nitrogen and oxygen atoms in total. The fourth-order valence-electron chi connectivity index (χ4n) is 4.76. The Morgan fingerprint density at radius 3 is 2.87 bits per heavy atom. The van der Waals surface area contributed by atoms with Gasteiger partial charge in [-0.25, -0.2) is 13.8 Å². The predicted octanol–water partition coefficient (Wildman–Crippen LogP) is 1.76. The van der Waals surface area contributed by atoms with Crippen LogP contribution in [-0.2, 0) is 11.8 Å². The first kappa shape index (κ1) is 19.3. The van der Waals surface area contributed by atoms with E-state index in [1.807, 2.05) is 31.1 Å². The lowest BCUT2D eigenvalue weighted by Crippen LogP contribution is -2.53. The van der Waals surface area contributed by atoms with Gasteiger partial charge in [-0.1, -0.05) is 0 Å². The summed E-state index contributed by atoms with van der Waals surface area (Å²) in [6.45, 7) is 3.98. The first-order chi connectivity index (χ1) is 14.4. The summed E-state index contributed by atoms with van der Waals surface area (Å²) in [5.74, 6) is -3.14.